The monoisotopic (exact) mass is 416 g/mol. The molecule has 8 heteroatoms. The van der Waals surface area contributed by atoms with Crippen molar-refractivity contribution in [2.45, 2.75) is 19.9 Å². The van der Waals surface area contributed by atoms with Crippen LogP contribution in [0.15, 0.2) is 67.1 Å². The average Bonchev–Trinajstić information content (AvgIpc) is 3.17. The zero-order chi connectivity index (χ0) is 21.5. The lowest BCUT2D eigenvalue weighted by atomic mass is 10.2. The number of benzene rings is 1. The maximum atomic E-state index is 12.3. The van der Waals surface area contributed by atoms with Crippen molar-refractivity contribution in [1.29, 1.82) is 0 Å². The standard InChI is InChI=1S/C23H24N6O2/c1-2-31-20-9-4-3-7-18(20)28-23(30)26-13-6-16-29-21(17-10-14-24-15-11-17)27-19-8-5-12-25-22(19)29/h3-5,7-12,14-15H,2,6,13,16H2,1H3,(H2,26,28,30). The van der Waals surface area contributed by atoms with Gasteiger partial charge in [-0.2, -0.15) is 0 Å². The number of nitrogens with one attached hydrogen (secondary N) is 2. The van der Waals surface area contributed by atoms with Gasteiger partial charge in [0.15, 0.2) is 5.65 Å². The van der Waals surface area contributed by atoms with Crippen molar-refractivity contribution >= 4 is 22.9 Å². The van der Waals surface area contributed by atoms with E-state index in [9.17, 15) is 4.79 Å². The Bertz CT molecular complexity index is 1160. The second-order valence-corrected chi connectivity index (χ2v) is 6.83. The summed E-state index contributed by atoms with van der Waals surface area (Å²) in [7, 11) is 0. The van der Waals surface area contributed by atoms with Crippen molar-refractivity contribution in [2.75, 3.05) is 18.5 Å². The Morgan fingerprint density at radius 1 is 1.06 bits per heavy atom. The smallest absolute Gasteiger partial charge is 0.319 e. The number of imidazole rings is 1. The Morgan fingerprint density at radius 3 is 2.74 bits per heavy atom. The van der Waals surface area contributed by atoms with E-state index in [1.54, 1.807) is 18.6 Å². The van der Waals surface area contributed by atoms with Gasteiger partial charge in [-0.15, -0.1) is 0 Å². The first-order chi connectivity index (χ1) is 15.3. The lowest BCUT2D eigenvalue weighted by molar-refractivity contribution is 0.251. The number of aryl methyl sites for hydroxylation is 1. The number of hydrogen-bond donors (Lipinski definition) is 2. The number of anilines is 1. The van der Waals surface area contributed by atoms with E-state index in [-0.39, 0.29) is 6.03 Å². The van der Waals surface area contributed by atoms with Gasteiger partial charge in [0, 0.05) is 37.2 Å². The van der Waals surface area contributed by atoms with E-state index >= 15 is 0 Å². The van der Waals surface area contributed by atoms with Crippen LogP contribution in [0.25, 0.3) is 22.6 Å². The van der Waals surface area contributed by atoms with Crippen LogP contribution in [0, 0.1) is 0 Å². The van der Waals surface area contributed by atoms with Crippen LogP contribution in [0.4, 0.5) is 10.5 Å². The number of pyridine rings is 2. The molecule has 0 atom stereocenters. The Morgan fingerprint density at radius 2 is 1.90 bits per heavy atom. The first-order valence-electron chi connectivity index (χ1n) is 10.2. The van der Waals surface area contributed by atoms with E-state index in [1.807, 2.05) is 55.5 Å². The van der Waals surface area contributed by atoms with Gasteiger partial charge in [0.05, 0.1) is 12.3 Å². The number of ether oxygens (including phenoxy) is 1. The summed E-state index contributed by atoms with van der Waals surface area (Å²) in [5, 5.41) is 5.74. The maximum Gasteiger partial charge on any atom is 0.319 e. The molecule has 0 fully saturated rings. The summed E-state index contributed by atoms with van der Waals surface area (Å²) in [6.07, 6.45) is 5.98. The van der Waals surface area contributed by atoms with Crippen molar-refractivity contribution in [3.63, 3.8) is 0 Å². The largest absolute Gasteiger partial charge is 0.492 e. The van der Waals surface area contributed by atoms with Crippen molar-refractivity contribution in [2.24, 2.45) is 0 Å². The van der Waals surface area contributed by atoms with Crippen LogP contribution in [0.1, 0.15) is 13.3 Å². The Balaban J connectivity index is 1.40. The number of hydrogen-bond acceptors (Lipinski definition) is 5. The summed E-state index contributed by atoms with van der Waals surface area (Å²) in [6, 6.07) is 14.8. The molecule has 2 amide bonds. The first kappa shape index (κ1) is 20.3. The zero-order valence-corrected chi connectivity index (χ0v) is 17.3. The van der Waals surface area contributed by atoms with E-state index in [0.717, 1.165) is 29.0 Å². The zero-order valence-electron chi connectivity index (χ0n) is 17.3. The molecule has 0 aliphatic carbocycles. The van der Waals surface area contributed by atoms with Gasteiger partial charge in [-0.05, 0) is 49.7 Å². The molecular formula is C23H24N6O2. The minimum atomic E-state index is -0.268. The summed E-state index contributed by atoms with van der Waals surface area (Å²) in [5.41, 5.74) is 3.29. The molecule has 0 saturated carbocycles. The van der Waals surface area contributed by atoms with Crippen LogP contribution in [-0.4, -0.2) is 38.7 Å². The molecule has 4 rings (SSSR count). The predicted molar refractivity (Wildman–Crippen MR) is 120 cm³/mol. The summed E-state index contributed by atoms with van der Waals surface area (Å²) in [4.78, 5) is 25.6. The lowest BCUT2D eigenvalue weighted by Gasteiger charge is -2.12. The van der Waals surface area contributed by atoms with Crippen LogP contribution < -0.4 is 15.4 Å². The normalized spacial score (nSPS) is 10.7. The van der Waals surface area contributed by atoms with E-state index in [4.69, 9.17) is 9.72 Å². The number of rotatable bonds is 8. The molecule has 0 saturated heterocycles. The third-order valence-electron chi connectivity index (χ3n) is 4.72. The number of aromatic nitrogens is 4. The second kappa shape index (κ2) is 9.71. The van der Waals surface area contributed by atoms with Gasteiger partial charge in [0.2, 0.25) is 0 Å². The highest BCUT2D eigenvalue weighted by molar-refractivity contribution is 5.90. The third-order valence-corrected chi connectivity index (χ3v) is 4.72. The number of para-hydroxylation sites is 2. The van der Waals surface area contributed by atoms with Crippen LogP contribution in [0.5, 0.6) is 5.75 Å². The van der Waals surface area contributed by atoms with Crippen molar-refractivity contribution < 1.29 is 9.53 Å². The topological polar surface area (TPSA) is 94.0 Å². The molecule has 31 heavy (non-hydrogen) atoms. The van der Waals surface area contributed by atoms with Gasteiger partial charge >= 0.3 is 6.03 Å². The highest BCUT2D eigenvalue weighted by Crippen LogP contribution is 2.24. The second-order valence-electron chi connectivity index (χ2n) is 6.83. The van der Waals surface area contributed by atoms with Crippen LogP contribution in [0.2, 0.25) is 0 Å². The van der Waals surface area contributed by atoms with E-state index in [0.29, 0.717) is 31.1 Å². The molecule has 2 N–H and O–H groups in total. The summed E-state index contributed by atoms with van der Waals surface area (Å²) in [5.74, 6) is 1.49. The number of carbonyl (C=O) groups excluding carboxylic acids is 1. The van der Waals surface area contributed by atoms with Crippen molar-refractivity contribution in [1.82, 2.24) is 24.8 Å². The molecule has 0 spiro atoms. The number of carbonyl (C=O) groups is 1. The Hall–Kier alpha value is -3.94. The van der Waals surface area contributed by atoms with Gasteiger partial charge < -0.3 is 19.9 Å². The molecule has 0 aliphatic heterocycles. The summed E-state index contributed by atoms with van der Waals surface area (Å²) < 4.78 is 7.62. The number of amides is 2. The molecule has 4 aromatic rings. The SMILES string of the molecule is CCOc1ccccc1NC(=O)NCCCn1c(-c2ccncc2)nc2cccnc21. The number of fused-ring (bicyclic) bond motifs is 1. The van der Waals surface area contributed by atoms with E-state index < -0.39 is 0 Å². The van der Waals surface area contributed by atoms with Crippen LogP contribution in [-0.2, 0) is 6.54 Å². The fourth-order valence-corrected chi connectivity index (χ4v) is 3.35. The summed E-state index contributed by atoms with van der Waals surface area (Å²) >= 11 is 0. The highest BCUT2D eigenvalue weighted by Gasteiger charge is 2.13. The summed E-state index contributed by atoms with van der Waals surface area (Å²) in [6.45, 7) is 3.62. The molecule has 3 aromatic heterocycles. The molecule has 3 heterocycles. The van der Waals surface area contributed by atoms with Gasteiger partial charge in [-0.3, -0.25) is 4.98 Å². The molecule has 1 aromatic carbocycles. The van der Waals surface area contributed by atoms with Gasteiger partial charge in [-0.1, -0.05) is 12.1 Å². The molecular weight excluding hydrogens is 392 g/mol. The molecule has 8 nitrogen and oxygen atoms in total. The molecule has 0 radical (unpaired) electrons. The minimum absolute atomic E-state index is 0.268. The minimum Gasteiger partial charge on any atom is -0.492 e. The van der Waals surface area contributed by atoms with E-state index in [1.165, 1.54) is 0 Å². The first-order valence-corrected chi connectivity index (χ1v) is 10.2. The molecule has 0 aliphatic rings. The Kier molecular flexibility index (Phi) is 6.37. The highest BCUT2D eigenvalue weighted by atomic mass is 16.5. The van der Waals surface area contributed by atoms with Crippen LogP contribution in [0.3, 0.4) is 0 Å². The fourth-order valence-electron chi connectivity index (χ4n) is 3.35. The van der Waals surface area contributed by atoms with Crippen molar-refractivity contribution in [3.8, 4) is 17.1 Å². The number of urea groups is 1. The van der Waals surface area contributed by atoms with Gasteiger partial charge in [0.25, 0.3) is 0 Å². The average molecular weight is 416 g/mol. The molecule has 0 unspecified atom stereocenters. The van der Waals surface area contributed by atoms with Gasteiger partial charge in [-0.25, -0.2) is 14.8 Å². The van der Waals surface area contributed by atoms with Gasteiger partial charge in [0.1, 0.15) is 17.1 Å². The quantitative estimate of drug-likeness (QED) is 0.422. The predicted octanol–water partition coefficient (Wildman–Crippen LogP) is 4.10. The van der Waals surface area contributed by atoms with Crippen molar-refractivity contribution in [3.05, 3.63) is 67.1 Å². The third kappa shape index (κ3) is 4.80. The lowest BCUT2D eigenvalue weighted by Crippen LogP contribution is -2.30. The fraction of sp³-hybridized carbons (Fsp3) is 0.217. The molecule has 0 bridgehead atoms. The van der Waals surface area contributed by atoms with E-state index in [2.05, 4.69) is 25.2 Å². The molecule has 158 valence electrons. The van der Waals surface area contributed by atoms with Crippen LogP contribution >= 0.6 is 0 Å². The number of nitrogens with zero attached hydrogens (tertiary/aromatic N) is 4. The Labute approximate surface area is 180 Å². The maximum absolute atomic E-state index is 12.3.